The van der Waals surface area contributed by atoms with Crippen LogP contribution < -0.4 is 0 Å². The van der Waals surface area contributed by atoms with E-state index in [1.165, 1.54) is 10.8 Å². The molecule has 0 bridgehead atoms. The molecule has 0 saturated heterocycles. The van der Waals surface area contributed by atoms with Crippen LogP contribution in [0.15, 0.2) is 206 Å². The van der Waals surface area contributed by atoms with E-state index >= 15 is 0 Å². The van der Waals surface area contributed by atoms with E-state index in [0.717, 1.165) is 98.6 Å². The Hall–Kier alpha value is -9.36. The minimum absolute atomic E-state index is 0.455. The van der Waals surface area contributed by atoms with Gasteiger partial charge < -0.3 is 18.3 Å². The lowest BCUT2D eigenvalue weighted by molar-refractivity contribution is 1.14. The average molecular weight is 839 g/mol. The number of nitriles is 1. The van der Waals surface area contributed by atoms with Crippen molar-refractivity contribution in [1.29, 1.82) is 5.26 Å². The summed E-state index contributed by atoms with van der Waals surface area (Å²) in [6, 6.07) is 75.0. The van der Waals surface area contributed by atoms with Crippen LogP contribution in [-0.2, 0) is 0 Å². The summed E-state index contributed by atoms with van der Waals surface area (Å²) in [7, 11) is 0. The third-order valence-electron chi connectivity index (χ3n) is 13.8. The first-order valence-electron chi connectivity index (χ1n) is 22.1. The average Bonchev–Trinajstić information content (AvgIpc) is 4.11. The second-order valence-electron chi connectivity index (χ2n) is 17.1. The third kappa shape index (κ3) is 4.82. The van der Waals surface area contributed by atoms with Crippen LogP contribution in [0.3, 0.4) is 0 Å². The zero-order valence-corrected chi connectivity index (χ0v) is 35.3. The number of fused-ring (bicyclic) bond motifs is 15. The molecule has 66 heavy (non-hydrogen) atoms. The number of rotatable bonds is 4. The molecule has 0 atom stereocenters. The van der Waals surface area contributed by atoms with Gasteiger partial charge in [0.15, 0.2) is 0 Å². The summed E-state index contributed by atoms with van der Waals surface area (Å²) in [5, 5.41) is 22.6. The van der Waals surface area contributed by atoms with Crippen molar-refractivity contribution in [2.24, 2.45) is 0 Å². The Kier molecular flexibility index (Phi) is 7.43. The van der Waals surface area contributed by atoms with E-state index in [2.05, 4.69) is 217 Å². The van der Waals surface area contributed by atoms with Gasteiger partial charge in [0.25, 0.3) is 0 Å². The van der Waals surface area contributed by atoms with Crippen molar-refractivity contribution in [3.8, 4) is 28.8 Å². The topological polar surface area (TPSA) is 47.9 Å². The molecule has 6 nitrogen and oxygen atoms in total. The number of hydrogen-bond acceptors (Lipinski definition) is 1. The van der Waals surface area contributed by atoms with Crippen LogP contribution in [0.4, 0.5) is 5.69 Å². The molecule has 0 aliphatic heterocycles. The van der Waals surface area contributed by atoms with Gasteiger partial charge in [0.1, 0.15) is 6.07 Å². The lowest BCUT2D eigenvalue weighted by atomic mass is 10.0. The smallest absolute Gasteiger partial charge is 0.212 e. The highest BCUT2D eigenvalue weighted by Crippen LogP contribution is 2.46. The van der Waals surface area contributed by atoms with Crippen LogP contribution in [0.1, 0.15) is 5.56 Å². The number of nitrogens with zero attached hydrogens (tertiary/aromatic N) is 6. The fourth-order valence-corrected chi connectivity index (χ4v) is 11.1. The highest BCUT2D eigenvalue weighted by Gasteiger charge is 2.25. The molecule has 10 aromatic carbocycles. The standard InChI is InChI=1S/C60H34N6/c1-62-47-35-56(65-52-30-28-40(34-46(52)58-41-18-6-5-15-37(41)27-29-53(58)65)64-48-23-11-7-19-42(48)43-20-8-12-24-49(43)64)38(36-61)33-57(47)66-51-26-14-10-22-45(51)60-55(66)32-31-54-59(60)44-21-9-13-25-50(44)63(54)39-16-3-2-4-17-39/h2-35H. The highest BCUT2D eigenvalue weighted by atomic mass is 15.0. The minimum Gasteiger partial charge on any atom is -0.319 e. The van der Waals surface area contributed by atoms with E-state index in [9.17, 15) is 5.26 Å². The maximum atomic E-state index is 11.2. The fraction of sp³-hybridized carbons (Fsp3) is 0. The van der Waals surface area contributed by atoms with Gasteiger partial charge in [-0.15, -0.1) is 0 Å². The Morgan fingerprint density at radius 2 is 0.818 bits per heavy atom. The highest BCUT2D eigenvalue weighted by molar-refractivity contribution is 6.29. The van der Waals surface area contributed by atoms with E-state index in [0.29, 0.717) is 22.6 Å². The quantitative estimate of drug-likeness (QED) is 0.163. The van der Waals surface area contributed by atoms with E-state index in [1.807, 2.05) is 18.2 Å². The minimum atomic E-state index is 0.455. The summed E-state index contributed by atoms with van der Waals surface area (Å²) in [5.41, 5.74) is 12.8. The number of para-hydroxylation sites is 5. The summed E-state index contributed by atoms with van der Waals surface area (Å²) in [6.07, 6.45) is 0. The van der Waals surface area contributed by atoms with Crippen LogP contribution in [0.25, 0.3) is 126 Å². The van der Waals surface area contributed by atoms with Gasteiger partial charge in [0.2, 0.25) is 5.69 Å². The van der Waals surface area contributed by atoms with E-state index in [4.69, 9.17) is 6.57 Å². The summed E-state index contributed by atoms with van der Waals surface area (Å²) in [4.78, 5) is 4.26. The predicted molar refractivity (Wildman–Crippen MR) is 272 cm³/mol. The summed E-state index contributed by atoms with van der Waals surface area (Å²) in [5.74, 6) is 0. The van der Waals surface area contributed by atoms with Gasteiger partial charge in [-0.05, 0) is 95.7 Å². The van der Waals surface area contributed by atoms with E-state index < -0.39 is 0 Å². The maximum absolute atomic E-state index is 11.2. The molecule has 4 heterocycles. The van der Waals surface area contributed by atoms with Crippen molar-refractivity contribution >= 4 is 104 Å². The molecule has 14 aromatic rings. The van der Waals surface area contributed by atoms with Gasteiger partial charge in [-0.25, -0.2) is 4.85 Å². The van der Waals surface area contributed by atoms with Crippen molar-refractivity contribution in [2.45, 2.75) is 0 Å². The fourth-order valence-electron chi connectivity index (χ4n) is 11.1. The molecular weight excluding hydrogens is 805 g/mol. The van der Waals surface area contributed by atoms with Crippen LogP contribution >= 0.6 is 0 Å². The van der Waals surface area contributed by atoms with Crippen molar-refractivity contribution in [1.82, 2.24) is 18.3 Å². The van der Waals surface area contributed by atoms with E-state index in [1.54, 1.807) is 0 Å². The first-order valence-corrected chi connectivity index (χ1v) is 22.1. The molecule has 0 unspecified atom stereocenters. The van der Waals surface area contributed by atoms with Gasteiger partial charge in [-0.3, -0.25) is 0 Å². The van der Waals surface area contributed by atoms with Crippen LogP contribution in [0.2, 0.25) is 0 Å². The van der Waals surface area contributed by atoms with Crippen LogP contribution in [0.5, 0.6) is 0 Å². The molecule has 6 heteroatoms. The zero-order valence-electron chi connectivity index (χ0n) is 35.3. The Bertz CT molecular complexity index is 4430. The molecule has 0 saturated carbocycles. The Morgan fingerprint density at radius 3 is 1.47 bits per heavy atom. The molecule has 304 valence electrons. The first-order chi connectivity index (χ1) is 32.7. The van der Waals surface area contributed by atoms with Crippen molar-refractivity contribution in [3.63, 3.8) is 0 Å². The SMILES string of the molecule is [C-]#[N+]c1cc(-n2c3ccc(-n4c5ccccc5c5ccccc54)cc3c3c4ccccc4ccc32)c(C#N)cc1-n1c2ccccc2c2c3c4ccccc4n(-c4ccccc4)c3ccc21. The second-order valence-corrected chi connectivity index (χ2v) is 17.1. The van der Waals surface area contributed by atoms with Crippen LogP contribution in [0, 0.1) is 17.9 Å². The molecule has 4 aromatic heterocycles. The van der Waals surface area contributed by atoms with Crippen molar-refractivity contribution in [2.75, 3.05) is 0 Å². The Morgan fingerprint density at radius 1 is 0.348 bits per heavy atom. The monoisotopic (exact) mass is 838 g/mol. The number of hydrogen-bond donors (Lipinski definition) is 0. The number of aromatic nitrogens is 4. The molecule has 0 aliphatic carbocycles. The van der Waals surface area contributed by atoms with Gasteiger partial charge in [-0.1, -0.05) is 121 Å². The Balaban J connectivity index is 1.04. The Labute approximate surface area is 377 Å². The summed E-state index contributed by atoms with van der Waals surface area (Å²) < 4.78 is 9.07. The maximum Gasteiger partial charge on any atom is 0.212 e. The molecule has 0 aliphatic rings. The van der Waals surface area contributed by atoms with Gasteiger partial charge in [-0.2, -0.15) is 5.26 Å². The molecule has 0 fully saturated rings. The number of benzene rings is 10. The predicted octanol–water partition coefficient (Wildman–Crippen LogP) is 15.7. The lowest BCUT2D eigenvalue weighted by Gasteiger charge is -2.16. The molecule has 14 rings (SSSR count). The zero-order chi connectivity index (χ0) is 43.6. The third-order valence-corrected chi connectivity index (χ3v) is 13.8. The molecule has 0 N–H and O–H groups in total. The van der Waals surface area contributed by atoms with Crippen molar-refractivity contribution < 1.29 is 0 Å². The molecular formula is C60H34N6. The molecule has 0 radical (unpaired) electrons. The first kappa shape index (κ1) is 36.2. The van der Waals surface area contributed by atoms with Gasteiger partial charge >= 0.3 is 0 Å². The molecule has 0 amide bonds. The lowest BCUT2D eigenvalue weighted by Crippen LogP contribution is -2.02. The van der Waals surface area contributed by atoms with Crippen molar-refractivity contribution in [3.05, 3.63) is 223 Å². The second kappa shape index (κ2) is 13.6. The normalized spacial score (nSPS) is 11.9. The largest absolute Gasteiger partial charge is 0.319 e. The van der Waals surface area contributed by atoms with Gasteiger partial charge in [0.05, 0.1) is 67.6 Å². The summed E-state index contributed by atoms with van der Waals surface area (Å²) in [6.45, 7) is 8.78. The molecule has 0 spiro atoms. The van der Waals surface area contributed by atoms with Crippen LogP contribution in [-0.4, -0.2) is 18.3 Å². The van der Waals surface area contributed by atoms with Gasteiger partial charge in [0, 0.05) is 54.5 Å². The van der Waals surface area contributed by atoms with E-state index in [-0.39, 0.29) is 0 Å². The summed E-state index contributed by atoms with van der Waals surface area (Å²) >= 11 is 0.